The molecule has 0 spiro atoms. The maximum absolute atomic E-state index is 3.72. The molecule has 2 heteroatoms. The number of nitrogens with one attached hydrogen (secondary N) is 1. The molecular weight excluding hydrogens is 208 g/mol. The zero-order chi connectivity index (χ0) is 11.5. The Morgan fingerprint density at radius 2 is 1.59 bits per heavy atom. The highest BCUT2D eigenvalue weighted by Gasteiger charge is 2.32. The average molecular weight is 236 g/mol. The van der Waals surface area contributed by atoms with Crippen molar-refractivity contribution in [2.24, 2.45) is 5.92 Å². The lowest BCUT2D eigenvalue weighted by molar-refractivity contribution is 0.187. The Balaban J connectivity index is 1.48. The second-order valence-electron chi connectivity index (χ2n) is 6.48. The van der Waals surface area contributed by atoms with Gasteiger partial charge in [0, 0.05) is 25.2 Å². The summed E-state index contributed by atoms with van der Waals surface area (Å²) in [6.07, 6.45) is 13.2. The zero-order valence-corrected chi connectivity index (χ0v) is 11.2. The van der Waals surface area contributed by atoms with E-state index in [4.69, 9.17) is 0 Å². The molecule has 0 bridgehead atoms. The summed E-state index contributed by atoms with van der Waals surface area (Å²) in [7, 11) is 0. The summed E-state index contributed by atoms with van der Waals surface area (Å²) < 4.78 is 0. The van der Waals surface area contributed by atoms with Crippen molar-refractivity contribution in [2.75, 3.05) is 19.6 Å². The molecule has 0 aromatic carbocycles. The van der Waals surface area contributed by atoms with Crippen LogP contribution < -0.4 is 5.32 Å². The summed E-state index contributed by atoms with van der Waals surface area (Å²) in [6, 6.07) is 1.75. The Morgan fingerprint density at radius 1 is 0.824 bits per heavy atom. The molecule has 1 atom stereocenters. The predicted molar refractivity (Wildman–Crippen MR) is 72.2 cm³/mol. The maximum Gasteiger partial charge on any atom is 0.0195 e. The van der Waals surface area contributed by atoms with E-state index >= 15 is 0 Å². The van der Waals surface area contributed by atoms with Crippen LogP contribution in [0.1, 0.15) is 57.8 Å². The maximum atomic E-state index is 3.72. The smallest absolute Gasteiger partial charge is 0.0195 e. The van der Waals surface area contributed by atoms with Gasteiger partial charge in [-0.25, -0.2) is 0 Å². The number of hydrogen-bond acceptors (Lipinski definition) is 2. The fourth-order valence-corrected chi connectivity index (χ4v) is 3.70. The van der Waals surface area contributed by atoms with Crippen LogP contribution in [0.15, 0.2) is 0 Å². The Morgan fingerprint density at radius 3 is 2.24 bits per heavy atom. The van der Waals surface area contributed by atoms with Crippen molar-refractivity contribution in [1.82, 2.24) is 10.2 Å². The first kappa shape index (κ1) is 12.0. The number of nitrogens with zero attached hydrogens (tertiary/aromatic N) is 1. The molecular formula is C15H28N2. The molecule has 1 aliphatic heterocycles. The van der Waals surface area contributed by atoms with Crippen LogP contribution in [0.3, 0.4) is 0 Å². The van der Waals surface area contributed by atoms with Gasteiger partial charge in [0.05, 0.1) is 0 Å². The van der Waals surface area contributed by atoms with Gasteiger partial charge >= 0.3 is 0 Å². The van der Waals surface area contributed by atoms with Crippen molar-refractivity contribution < 1.29 is 0 Å². The van der Waals surface area contributed by atoms with E-state index in [2.05, 4.69) is 10.2 Å². The van der Waals surface area contributed by atoms with Crippen LogP contribution >= 0.6 is 0 Å². The standard InChI is InChI=1S/C15H28N2/c1-2-6-13(5-1)11-17(15-8-9-15)12-14-7-3-4-10-16-14/h13-16H,1-12H2. The minimum absolute atomic E-state index is 0.797. The largest absolute Gasteiger partial charge is 0.313 e. The Kier molecular flexibility index (Phi) is 4.02. The van der Waals surface area contributed by atoms with Crippen LogP contribution in [0.5, 0.6) is 0 Å². The lowest BCUT2D eigenvalue weighted by Gasteiger charge is -2.32. The summed E-state index contributed by atoms with van der Waals surface area (Å²) in [5.74, 6) is 1.03. The minimum atomic E-state index is 0.797. The Hall–Kier alpha value is -0.0800. The number of hydrogen-bond donors (Lipinski definition) is 1. The van der Waals surface area contributed by atoms with Crippen molar-refractivity contribution in [3.05, 3.63) is 0 Å². The van der Waals surface area contributed by atoms with Gasteiger partial charge in [0.2, 0.25) is 0 Å². The molecule has 3 aliphatic rings. The van der Waals surface area contributed by atoms with Gasteiger partial charge in [-0.2, -0.15) is 0 Å². The van der Waals surface area contributed by atoms with Gasteiger partial charge in [0.15, 0.2) is 0 Å². The summed E-state index contributed by atoms with van der Waals surface area (Å²) >= 11 is 0. The Bertz CT molecular complexity index is 225. The lowest BCUT2D eigenvalue weighted by Crippen LogP contribution is -2.45. The van der Waals surface area contributed by atoms with Crippen LogP contribution in [-0.4, -0.2) is 36.6 Å². The van der Waals surface area contributed by atoms with Crippen molar-refractivity contribution in [2.45, 2.75) is 69.9 Å². The van der Waals surface area contributed by atoms with Crippen LogP contribution in [-0.2, 0) is 0 Å². The molecule has 0 aromatic rings. The van der Waals surface area contributed by atoms with Crippen LogP contribution in [0.25, 0.3) is 0 Å². The van der Waals surface area contributed by atoms with Crippen LogP contribution in [0, 0.1) is 5.92 Å². The summed E-state index contributed by atoms with van der Waals surface area (Å²) in [5, 5.41) is 3.72. The van der Waals surface area contributed by atoms with Crippen molar-refractivity contribution in [3.8, 4) is 0 Å². The van der Waals surface area contributed by atoms with Gasteiger partial charge in [-0.05, 0) is 51.0 Å². The monoisotopic (exact) mass is 236 g/mol. The molecule has 2 saturated carbocycles. The molecule has 3 rings (SSSR count). The van der Waals surface area contributed by atoms with Crippen molar-refractivity contribution in [1.29, 1.82) is 0 Å². The first-order chi connectivity index (χ1) is 8.42. The fourth-order valence-electron chi connectivity index (χ4n) is 3.70. The first-order valence-corrected chi connectivity index (χ1v) is 7.89. The predicted octanol–water partition coefficient (Wildman–Crippen LogP) is 2.78. The lowest BCUT2D eigenvalue weighted by atomic mass is 10.0. The van der Waals surface area contributed by atoms with Gasteiger partial charge in [0.1, 0.15) is 0 Å². The van der Waals surface area contributed by atoms with E-state index in [0.717, 1.165) is 18.0 Å². The van der Waals surface area contributed by atoms with Crippen molar-refractivity contribution >= 4 is 0 Å². The van der Waals surface area contributed by atoms with Crippen LogP contribution in [0.2, 0.25) is 0 Å². The normalized spacial score (nSPS) is 31.2. The zero-order valence-electron chi connectivity index (χ0n) is 11.2. The third-order valence-corrected chi connectivity index (χ3v) is 4.90. The van der Waals surface area contributed by atoms with E-state index in [9.17, 15) is 0 Å². The van der Waals surface area contributed by atoms with Gasteiger partial charge in [0.25, 0.3) is 0 Å². The molecule has 2 nitrogen and oxygen atoms in total. The molecule has 0 amide bonds. The summed E-state index contributed by atoms with van der Waals surface area (Å²) in [4.78, 5) is 2.83. The van der Waals surface area contributed by atoms with E-state index in [1.807, 2.05) is 0 Å². The highest BCUT2D eigenvalue weighted by Crippen LogP contribution is 2.32. The molecule has 0 aromatic heterocycles. The Labute approximate surface area is 106 Å². The SMILES string of the molecule is C1CCC(CN(CC2CCCC2)C2CC2)NC1. The van der Waals surface area contributed by atoms with Gasteiger partial charge in [-0.1, -0.05) is 19.3 Å². The topological polar surface area (TPSA) is 15.3 Å². The van der Waals surface area contributed by atoms with Gasteiger partial charge in [-0.15, -0.1) is 0 Å². The van der Waals surface area contributed by atoms with Crippen molar-refractivity contribution in [3.63, 3.8) is 0 Å². The molecule has 1 saturated heterocycles. The highest BCUT2D eigenvalue weighted by atomic mass is 15.2. The molecule has 1 N–H and O–H groups in total. The third kappa shape index (κ3) is 3.45. The summed E-state index contributed by atoms with van der Waals surface area (Å²) in [5.41, 5.74) is 0. The minimum Gasteiger partial charge on any atom is -0.313 e. The van der Waals surface area contributed by atoms with E-state index in [0.29, 0.717) is 0 Å². The fraction of sp³-hybridized carbons (Fsp3) is 1.00. The third-order valence-electron chi connectivity index (χ3n) is 4.90. The second-order valence-corrected chi connectivity index (χ2v) is 6.48. The molecule has 2 aliphatic carbocycles. The number of rotatable bonds is 5. The summed E-state index contributed by atoms with van der Waals surface area (Å²) in [6.45, 7) is 4.00. The van der Waals surface area contributed by atoms with Gasteiger partial charge in [-0.3, -0.25) is 4.90 Å². The molecule has 0 radical (unpaired) electrons. The first-order valence-electron chi connectivity index (χ1n) is 7.89. The van der Waals surface area contributed by atoms with E-state index < -0.39 is 0 Å². The molecule has 17 heavy (non-hydrogen) atoms. The number of piperidine rings is 1. The molecule has 98 valence electrons. The van der Waals surface area contributed by atoms with Crippen LogP contribution in [0.4, 0.5) is 0 Å². The highest BCUT2D eigenvalue weighted by molar-refractivity contribution is 4.89. The average Bonchev–Trinajstić information content (AvgIpc) is 3.09. The molecule has 3 fully saturated rings. The molecule has 1 heterocycles. The molecule has 1 unspecified atom stereocenters. The second kappa shape index (κ2) is 5.71. The van der Waals surface area contributed by atoms with E-state index in [1.165, 1.54) is 77.4 Å². The van der Waals surface area contributed by atoms with E-state index in [1.54, 1.807) is 0 Å². The van der Waals surface area contributed by atoms with Gasteiger partial charge < -0.3 is 5.32 Å². The van der Waals surface area contributed by atoms with E-state index in [-0.39, 0.29) is 0 Å². The quantitative estimate of drug-likeness (QED) is 0.789.